The van der Waals surface area contributed by atoms with Crippen LogP contribution < -0.4 is 5.73 Å². The van der Waals surface area contributed by atoms with Gasteiger partial charge >= 0.3 is 0 Å². The first-order valence-corrected chi connectivity index (χ1v) is 9.38. The minimum atomic E-state index is 0.308. The van der Waals surface area contributed by atoms with Crippen LogP contribution in [0.1, 0.15) is 17.7 Å². The van der Waals surface area contributed by atoms with Gasteiger partial charge in [-0.05, 0) is 49.2 Å². The van der Waals surface area contributed by atoms with E-state index in [9.17, 15) is 0 Å². The van der Waals surface area contributed by atoms with Crippen LogP contribution in [0.3, 0.4) is 0 Å². The van der Waals surface area contributed by atoms with Gasteiger partial charge in [-0.25, -0.2) is 9.97 Å². The summed E-state index contributed by atoms with van der Waals surface area (Å²) < 4.78 is 10.7. The maximum atomic E-state index is 6.14. The molecule has 3 aromatic rings. The lowest BCUT2D eigenvalue weighted by atomic mass is 10.2. The molecule has 1 aliphatic heterocycles. The maximum Gasteiger partial charge on any atom is 0.199 e. The first-order chi connectivity index (χ1) is 12.1. The Morgan fingerprint density at radius 1 is 1.44 bits per heavy atom. The number of likely N-dealkylation sites (tertiary alicyclic amines) is 1. The van der Waals surface area contributed by atoms with Crippen LogP contribution in [0.5, 0.6) is 0 Å². The third-order valence-corrected chi connectivity index (χ3v) is 5.70. The molecule has 4 heterocycles. The van der Waals surface area contributed by atoms with E-state index in [-0.39, 0.29) is 0 Å². The number of anilines is 1. The Hall–Kier alpha value is -1.67. The average molecular weight is 379 g/mol. The largest absolute Gasteiger partial charge is 0.441 e. The molecular formula is C17H19ClN4O2S. The van der Waals surface area contributed by atoms with Crippen molar-refractivity contribution in [1.82, 2.24) is 14.9 Å². The molecule has 132 valence electrons. The van der Waals surface area contributed by atoms with E-state index in [1.54, 1.807) is 30.6 Å². The van der Waals surface area contributed by atoms with Crippen LogP contribution in [-0.2, 0) is 11.3 Å². The minimum absolute atomic E-state index is 0.308. The summed E-state index contributed by atoms with van der Waals surface area (Å²) >= 11 is 7.49. The molecule has 0 aliphatic carbocycles. The summed E-state index contributed by atoms with van der Waals surface area (Å²) in [6.45, 7) is 2.76. The number of thiophene rings is 1. The summed E-state index contributed by atoms with van der Waals surface area (Å²) in [7, 11) is 1.76. The van der Waals surface area contributed by atoms with Crippen LogP contribution in [0.25, 0.3) is 21.8 Å². The zero-order valence-corrected chi connectivity index (χ0v) is 15.4. The van der Waals surface area contributed by atoms with Gasteiger partial charge in [0.15, 0.2) is 16.8 Å². The van der Waals surface area contributed by atoms with Crippen molar-refractivity contribution in [1.29, 1.82) is 0 Å². The van der Waals surface area contributed by atoms with Crippen molar-refractivity contribution in [3.8, 4) is 11.6 Å². The van der Waals surface area contributed by atoms with E-state index in [2.05, 4.69) is 20.9 Å². The molecule has 1 aliphatic rings. The van der Waals surface area contributed by atoms with Crippen molar-refractivity contribution in [3.05, 3.63) is 28.3 Å². The zero-order valence-electron chi connectivity index (χ0n) is 13.9. The quantitative estimate of drug-likeness (QED) is 0.727. The van der Waals surface area contributed by atoms with E-state index in [1.165, 1.54) is 17.7 Å². The highest BCUT2D eigenvalue weighted by Gasteiger charge is 2.25. The normalized spacial score (nSPS) is 18.4. The molecule has 25 heavy (non-hydrogen) atoms. The van der Waals surface area contributed by atoms with Crippen LogP contribution in [-0.4, -0.2) is 41.2 Å². The van der Waals surface area contributed by atoms with Crippen molar-refractivity contribution in [2.45, 2.75) is 25.4 Å². The van der Waals surface area contributed by atoms with E-state index in [1.807, 2.05) is 0 Å². The number of ether oxygens (including phenoxy) is 1. The fraction of sp³-hybridized carbons (Fsp3) is 0.412. The van der Waals surface area contributed by atoms with E-state index >= 15 is 0 Å². The fourth-order valence-electron chi connectivity index (χ4n) is 3.30. The molecule has 0 bridgehead atoms. The number of fused-ring (bicyclic) bond motifs is 1. The summed E-state index contributed by atoms with van der Waals surface area (Å²) in [4.78, 5) is 13.5. The highest BCUT2D eigenvalue weighted by Crippen LogP contribution is 2.32. The molecule has 4 rings (SSSR count). The smallest absolute Gasteiger partial charge is 0.199 e. The lowest BCUT2D eigenvalue weighted by Gasteiger charge is -2.22. The molecular weight excluding hydrogens is 360 g/mol. The molecule has 1 saturated heterocycles. The van der Waals surface area contributed by atoms with Crippen molar-refractivity contribution in [3.63, 3.8) is 0 Å². The van der Waals surface area contributed by atoms with E-state index in [0.29, 0.717) is 28.7 Å². The number of nitrogens with zero attached hydrogens (tertiary/aromatic N) is 3. The van der Waals surface area contributed by atoms with E-state index in [0.717, 1.165) is 29.9 Å². The van der Waals surface area contributed by atoms with Gasteiger partial charge in [-0.2, -0.15) is 0 Å². The molecule has 0 spiro atoms. The van der Waals surface area contributed by atoms with Gasteiger partial charge in [0.2, 0.25) is 0 Å². The van der Waals surface area contributed by atoms with Gasteiger partial charge in [0.25, 0.3) is 0 Å². The Labute approximate surface area is 154 Å². The predicted octanol–water partition coefficient (Wildman–Crippen LogP) is 3.80. The van der Waals surface area contributed by atoms with Gasteiger partial charge in [-0.1, -0.05) is 0 Å². The van der Waals surface area contributed by atoms with E-state index in [4.69, 9.17) is 26.5 Å². The molecule has 2 N–H and O–H groups in total. The maximum absolute atomic E-state index is 6.14. The molecule has 8 heteroatoms. The number of furan rings is 1. The van der Waals surface area contributed by atoms with Crippen LogP contribution in [0.2, 0.25) is 5.22 Å². The summed E-state index contributed by atoms with van der Waals surface area (Å²) in [6.07, 6.45) is 2.40. The Kier molecular flexibility index (Phi) is 4.64. The molecule has 0 amide bonds. The van der Waals surface area contributed by atoms with Gasteiger partial charge in [-0.3, -0.25) is 4.90 Å². The second kappa shape index (κ2) is 6.92. The Morgan fingerprint density at radius 3 is 3.08 bits per heavy atom. The van der Waals surface area contributed by atoms with E-state index < -0.39 is 0 Å². The van der Waals surface area contributed by atoms with Crippen LogP contribution in [0, 0.1) is 0 Å². The molecule has 0 aromatic carbocycles. The molecule has 0 unspecified atom stereocenters. The zero-order chi connectivity index (χ0) is 17.4. The summed E-state index contributed by atoms with van der Waals surface area (Å²) in [6, 6.07) is 6.00. The Balaban J connectivity index is 1.62. The SMILES string of the molecule is COC[C@H]1CCCN1Cc1cc2c(N)nc(-c3ccc(Cl)o3)nc2s1. The predicted molar refractivity (Wildman–Crippen MR) is 99.8 cm³/mol. The number of hydrogen-bond acceptors (Lipinski definition) is 7. The average Bonchev–Trinajstić information content (AvgIpc) is 3.29. The molecule has 1 fully saturated rings. The second-order valence-electron chi connectivity index (χ2n) is 6.19. The fourth-order valence-corrected chi connectivity index (χ4v) is 4.51. The summed E-state index contributed by atoms with van der Waals surface area (Å²) in [5, 5.41) is 1.20. The molecule has 0 saturated carbocycles. The lowest BCUT2D eigenvalue weighted by Crippen LogP contribution is -2.32. The van der Waals surface area contributed by atoms with Crippen molar-refractivity contribution >= 4 is 39.0 Å². The highest BCUT2D eigenvalue weighted by molar-refractivity contribution is 7.18. The van der Waals surface area contributed by atoms with Gasteiger partial charge < -0.3 is 14.9 Å². The molecule has 1 atom stereocenters. The third kappa shape index (κ3) is 3.37. The second-order valence-corrected chi connectivity index (χ2v) is 7.68. The first kappa shape index (κ1) is 16.8. The topological polar surface area (TPSA) is 77.4 Å². The van der Waals surface area contributed by atoms with Gasteiger partial charge in [0, 0.05) is 24.6 Å². The highest BCUT2D eigenvalue weighted by atomic mass is 35.5. The van der Waals surface area contributed by atoms with Crippen LogP contribution in [0.15, 0.2) is 22.6 Å². The minimum Gasteiger partial charge on any atom is -0.441 e. The van der Waals surface area contributed by atoms with Gasteiger partial charge in [-0.15, -0.1) is 11.3 Å². The van der Waals surface area contributed by atoms with Crippen molar-refractivity contribution in [2.75, 3.05) is 26.0 Å². The Morgan fingerprint density at radius 2 is 2.32 bits per heavy atom. The number of nitrogens with two attached hydrogens (primary N) is 1. The first-order valence-electron chi connectivity index (χ1n) is 8.18. The number of hydrogen-bond donors (Lipinski definition) is 1. The number of halogens is 1. The summed E-state index contributed by atoms with van der Waals surface area (Å²) in [5.74, 6) is 1.45. The van der Waals surface area contributed by atoms with Crippen LogP contribution >= 0.6 is 22.9 Å². The van der Waals surface area contributed by atoms with Crippen molar-refractivity contribution in [2.24, 2.45) is 0 Å². The number of aromatic nitrogens is 2. The number of nitrogen functional groups attached to an aromatic ring is 1. The van der Waals surface area contributed by atoms with Gasteiger partial charge in [0.1, 0.15) is 10.6 Å². The number of rotatable bonds is 5. The molecule has 6 nitrogen and oxygen atoms in total. The lowest BCUT2D eigenvalue weighted by molar-refractivity contribution is 0.112. The van der Waals surface area contributed by atoms with Gasteiger partial charge in [0.05, 0.1) is 12.0 Å². The molecule has 0 radical (unpaired) electrons. The number of methoxy groups -OCH3 is 1. The van der Waals surface area contributed by atoms with Crippen molar-refractivity contribution < 1.29 is 9.15 Å². The van der Waals surface area contributed by atoms with Crippen LogP contribution in [0.4, 0.5) is 5.82 Å². The third-order valence-electron chi connectivity index (χ3n) is 4.48. The Bertz CT molecular complexity index is 894. The monoisotopic (exact) mass is 378 g/mol. The standard InChI is InChI=1S/C17H19ClN4O2S/c1-23-9-10-3-2-6-22(10)8-11-7-12-15(19)20-16(21-17(12)25-11)13-4-5-14(18)24-13/h4-5,7,10H,2-3,6,8-9H2,1H3,(H2,19,20,21)/t10-/m1/s1. The summed E-state index contributed by atoms with van der Waals surface area (Å²) in [5.41, 5.74) is 6.14. The molecule has 3 aromatic heterocycles.